The summed E-state index contributed by atoms with van der Waals surface area (Å²) in [5.41, 5.74) is -1.61. The van der Waals surface area contributed by atoms with E-state index in [1.54, 1.807) is 0 Å². The molecule has 0 saturated carbocycles. The predicted octanol–water partition coefficient (Wildman–Crippen LogP) is 6.72. The standard InChI is InChI=1S/C14H8BrF3O2.C7H2BrF3O2/c15-10-6-9(14(19)20)8(12(17)13(10)18)5-7-3-1-2-4-11(7)16;8-3-1-2(7(12)13)4(9)6(11)5(3)10/h1-4,6H,5H2,(H,19,20);1H,(H,12,13). The molecule has 0 aliphatic rings. The van der Waals surface area contributed by atoms with Crippen LogP contribution in [0.1, 0.15) is 31.8 Å². The average molecular weight is 600 g/mol. The summed E-state index contributed by atoms with van der Waals surface area (Å²) < 4.78 is 78.1. The first-order chi connectivity index (χ1) is 15.4. The zero-order chi connectivity index (χ0) is 25.0. The Kier molecular flexibility index (Phi) is 8.67. The van der Waals surface area contributed by atoms with E-state index in [0.717, 1.165) is 6.07 Å². The minimum Gasteiger partial charge on any atom is -0.478 e. The van der Waals surface area contributed by atoms with Crippen molar-refractivity contribution in [2.45, 2.75) is 6.42 Å². The second-order valence-corrected chi connectivity index (χ2v) is 7.95. The van der Waals surface area contributed by atoms with Gasteiger partial charge in [-0.3, -0.25) is 0 Å². The average Bonchev–Trinajstić information content (AvgIpc) is 2.76. The first-order valence-corrected chi connectivity index (χ1v) is 10.1. The summed E-state index contributed by atoms with van der Waals surface area (Å²) in [4.78, 5) is 21.4. The summed E-state index contributed by atoms with van der Waals surface area (Å²) in [7, 11) is 0. The highest BCUT2D eigenvalue weighted by molar-refractivity contribution is 9.10. The van der Waals surface area contributed by atoms with E-state index in [-0.39, 0.29) is 22.0 Å². The molecule has 0 spiro atoms. The zero-order valence-electron chi connectivity index (χ0n) is 15.9. The molecule has 174 valence electrons. The summed E-state index contributed by atoms with van der Waals surface area (Å²) in [6, 6.07) is 7.18. The molecule has 0 amide bonds. The van der Waals surface area contributed by atoms with Gasteiger partial charge in [0.05, 0.1) is 20.1 Å². The maximum atomic E-state index is 13.9. The Hall–Kier alpha value is -2.86. The van der Waals surface area contributed by atoms with Crippen molar-refractivity contribution in [3.63, 3.8) is 0 Å². The Morgan fingerprint density at radius 1 is 0.697 bits per heavy atom. The smallest absolute Gasteiger partial charge is 0.338 e. The molecule has 0 unspecified atom stereocenters. The van der Waals surface area contributed by atoms with E-state index in [4.69, 9.17) is 10.2 Å². The highest BCUT2D eigenvalue weighted by Crippen LogP contribution is 2.28. The number of halogens is 8. The van der Waals surface area contributed by atoms with Crippen molar-refractivity contribution in [1.82, 2.24) is 0 Å². The van der Waals surface area contributed by atoms with Crippen molar-refractivity contribution in [2.24, 2.45) is 0 Å². The fourth-order valence-corrected chi connectivity index (χ4v) is 3.36. The van der Waals surface area contributed by atoms with Gasteiger partial charge < -0.3 is 10.2 Å². The Morgan fingerprint density at radius 2 is 1.18 bits per heavy atom. The molecule has 12 heteroatoms. The molecule has 0 aliphatic carbocycles. The lowest BCUT2D eigenvalue weighted by Crippen LogP contribution is -2.09. The molecule has 3 aromatic rings. The van der Waals surface area contributed by atoms with Crippen LogP contribution in [0.4, 0.5) is 26.3 Å². The molecule has 0 atom stereocenters. The minimum absolute atomic E-state index is 0.0932. The van der Waals surface area contributed by atoms with Crippen LogP contribution < -0.4 is 0 Å². The summed E-state index contributed by atoms with van der Waals surface area (Å²) in [5.74, 6) is -11.1. The van der Waals surface area contributed by atoms with Crippen molar-refractivity contribution < 1.29 is 46.1 Å². The second-order valence-electron chi connectivity index (χ2n) is 6.24. The number of benzene rings is 3. The van der Waals surface area contributed by atoms with E-state index in [9.17, 15) is 35.9 Å². The van der Waals surface area contributed by atoms with Gasteiger partial charge in [0, 0.05) is 12.0 Å². The highest BCUT2D eigenvalue weighted by atomic mass is 79.9. The molecule has 0 saturated heterocycles. The van der Waals surface area contributed by atoms with Gasteiger partial charge in [0.2, 0.25) is 0 Å². The zero-order valence-corrected chi connectivity index (χ0v) is 19.1. The third kappa shape index (κ3) is 5.93. The number of carbonyl (C=O) groups is 2. The molecule has 4 nitrogen and oxygen atoms in total. The summed E-state index contributed by atoms with van der Waals surface area (Å²) in [6.07, 6.45) is -0.343. The van der Waals surface area contributed by atoms with Crippen molar-refractivity contribution >= 4 is 43.8 Å². The molecule has 3 aromatic carbocycles. The van der Waals surface area contributed by atoms with Gasteiger partial charge in [0.25, 0.3) is 0 Å². The first kappa shape index (κ1) is 26.4. The fraction of sp³-hybridized carbons (Fsp3) is 0.0476. The molecule has 3 rings (SSSR count). The monoisotopic (exact) mass is 598 g/mol. The number of carboxylic acids is 2. The molecule has 0 bridgehead atoms. The van der Waals surface area contributed by atoms with Crippen LogP contribution in [0.2, 0.25) is 0 Å². The lowest BCUT2D eigenvalue weighted by atomic mass is 9.98. The number of hydrogen-bond donors (Lipinski definition) is 2. The van der Waals surface area contributed by atoms with Crippen LogP contribution in [0, 0.1) is 34.9 Å². The molecule has 0 fully saturated rings. The third-order valence-corrected chi connectivity index (χ3v) is 5.31. The Labute approximate surface area is 198 Å². The van der Waals surface area contributed by atoms with Crippen LogP contribution in [-0.4, -0.2) is 22.2 Å². The summed E-state index contributed by atoms with van der Waals surface area (Å²) >= 11 is 5.30. The van der Waals surface area contributed by atoms with E-state index < -0.39 is 62.4 Å². The highest BCUT2D eigenvalue weighted by Gasteiger charge is 2.22. The molecule has 2 N–H and O–H groups in total. The Bertz CT molecular complexity index is 1250. The number of hydrogen-bond acceptors (Lipinski definition) is 2. The molecule has 0 aliphatic heterocycles. The summed E-state index contributed by atoms with van der Waals surface area (Å²) in [6.45, 7) is 0. The largest absolute Gasteiger partial charge is 0.478 e. The van der Waals surface area contributed by atoms with Crippen LogP contribution in [0.25, 0.3) is 0 Å². The van der Waals surface area contributed by atoms with Crippen LogP contribution >= 0.6 is 31.9 Å². The molecule has 0 aromatic heterocycles. The SMILES string of the molecule is O=C(O)c1cc(Br)c(F)c(F)c1Cc1ccccc1F.O=C(O)c1cc(Br)c(F)c(F)c1F. The van der Waals surface area contributed by atoms with Gasteiger partial charge in [0.1, 0.15) is 5.82 Å². The Balaban J connectivity index is 0.000000257. The quantitative estimate of drug-likeness (QED) is 0.198. The molecular formula is C21H10Br2F6O4. The van der Waals surface area contributed by atoms with Crippen LogP contribution in [0.3, 0.4) is 0 Å². The van der Waals surface area contributed by atoms with Crippen LogP contribution in [0.15, 0.2) is 45.3 Å². The van der Waals surface area contributed by atoms with Crippen molar-refractivity contribution in [3.8, 4) is 0 Å². The number of carboxylic acid groups (broad SMARTS) is 2. The van der Waals surface area contributed by atoms with Gasteiger partial charge in [-0.25, -0.2) is 35.9 Å². The van der Waals surface area contributed by atoms with Crippen molar-refractivity contribution in [1.29, 1.82) is 0 Å². The second kappa shape index (κ2) is 10.8. The van der Waals surface area contributed by atoms with Gasteiger partial charge >= 0.3 is 11.9 Å². The van der Waals surface area contributed by atoms with E-state index >= 15 is 0 Å². The predicted molar refractivity (Wildman–Crippen MR) is 111 cm³/mol. The molecular weight excluding hydrogens is 590 g/mol. The first-order valence-electron chi connectivity index (χ1n) is 8.56. The fourth-order valence-electron chi connectivity index (χ4n) is 2.56. The Morgan fingerprint density at radius 3 is 1.70 bits per heavy atom. The van der Waals surface area contributed by atoms with E-state index in [1.807, 2.05) is 0 Å². The maximum absolute atomic E-state index is 13.9. The topological polar surface area (TPSA) is 74.6 Å². The number of rotatable bonds is 4. The van der Waals surface area contributed by atoms with Crippen LogP contribution in [-0.2, 0) is 6.42 Å². The van der Waals surface area contributed by atoms with Gasteiger partial charge in [-0.15, -0.1) is 0 Å². The van der Waals surface area contributed by atoms with Gasteiger partial charge in [-0.05, 0) is 55.6 Å². The minimum atomic E-state index is -1.80. The normalized spacial score (nSPS) is 10.4. The van der Waals surface area contributed by atoms with Gasteiger partial charge in [-0.2, -0.15) is 0 Å². The van der Waals surface area contributed by atoms with Gasteiger partial charge in [0.15, 0.2) is 29.1 Å². The number of aromatic carboxylic acids is 2. The molecule has 33 heavy (non-hydrogen) atoms. The molecule has 0 heterocycles. The lowest BCUT2D eigenvalue weighted by molar-refractivity contribution is 0.0681. The van der Waals surface area contributed by atoms with Crippen LogP contribution in [0.5, 0.6) is 0 Å². The van der Waals surface area contributed by atoms with E-state index in [0.29, 0.717) is 6.07 Å². The lowest BCUT2D eigenvalue weighted by Gasteiger charge is -2.10. The van der Waals surface area contributed by atoms with Crippen molar-refractivity contribution in [3.05, 3.63) is 103 Å². The summed E-state index contributed by atoms with van der Waals surface area (Å²) in [5, 5.41) is 17.4. The maximum Gasteiger partial charge on any atom is 0.338 e. The third-order valence-electron chi connectivity index (χ3n) is 4.15. The van der Waals surface area contributed by atoms with Crippen molar-refractivity contribution in [2.75, 3.05) is 0 Å². The van der Waals surface area contributed by atoms with Gasteiger partial charge in [-0.1, -0.05) is 18.2 Å². The van der Waals surface area contributed by atoms with E-state index in [2.05, 4.69) is 31.9 Å². The van der Waals surface area contributed by atoms with E-state index in [1.165, 1.54) is 24.3 Å². The molecule has 0 radical (unpaired) electrons.